The minimum atomic E-state index is 0.452. The van der Waals surface area contributed by atoms with Crippen LogP contribution in [-0.2, 0) is 0 Å². The highest BCUT2D eigenvalue weighted by molar-refractivity contribution is 6.32. The first kappa shape index (κ1) is 17.3. The van der Waals surface area contributed by atoms with Crippen molar-refractivity contribution in [2.45, 2.75) is 26.2 Å². The molecule has 6 heteroatoms. The summed E-state index contributed by atoms with van der Waals surface area (Å²) in [5, 5.41) is 6.91. The van der Waals surface area contributed by atoms with Crippen molar-refractivity contribution in [2.24, 2.45) is 0 Å². The van der Waals surface area contributed by atoms with Gasteiger partial charge in [0.1, 0.15) is 5.15 Å². The number of methoxy groups -OCH3 is 1. The molecule has 0 radical (unpaired) electrons. The summed E-state index contributed by atoms with van der Waals surface area (Å²) in [6.07, 6.45) is 6.95. The Morgan fingerprint density at radius 1 is 1.17 bits per heavy atom. The summed E-state index contributed by atoms with van der Waals surface area (Å²) in [4.78, 5) is 8.59. The van der Waals surface area contributed by atoms with Crippen LogP contribution in [0.2, 0.25) is 5.15 Å². The molecule has 2 N–H and O–H groups in total. The largest absolute Gasteiger partial charge is 0.480 e. The van der Waals surface area contributed by atoms with Crippen molar-refractivity contribution >= 4 is 23.0 Å². The van der Waals surface area contributed by atoms with Gasteiger partial charge in [-0.3, -0.25) is 0 Å². The summed E-state index contributed by atoms with van der Waals surface area (Å²) in [6.45, 7) is 3.07. The number of unbranched alkanes of at least 4 members (excludes halogenated alkanes) is 2. The molecule has 2 rings (SSSR count). The number of rotatable bonds is 8. The first-order chi connectivity index (χ1) is 11.2. The quantitative estimate of drug-likeness (QED) is 0.551. The summed E-state index contributed by atoms with van der Waals surface area (Å²) in [6, 6.07) is 3.96. The van der Waals surface area contributed by atoms with Crippen molar-refractivity contribution in [3.63, 3.8) is 0 Å². The molecule has 0 atom stereocenters. The van der Waals surface area contributed by atoms with Gasteiger partial charge in [-0.25, -0.2) is 9.97 Å². The van der Waals surface area contributed by atoms with Crippen molar-refractivity contribution in [3.8, 4) is 17.0 Å². The molecule has 0 fully saturated rings. The fraction of sp³-hybridized carbons (Fsp3) is 0.412. The first-order valence-corrected chi connectivity index (χ1v) is 8.19. The van der Waals surface area contributed by atoms with Gasteiger partial charge in [-0.2, -0.15) is 0 Å². The van der Waals surface area contributed by atoms with E-state index in [-0.39, 0.29) is 0 Å². The summed E-state index contributed by atoms with van der Waals surface area (Å²) < 4.78 is 5.33. The number of ether oxygens (including phenoxy) is 1. The van der Waals surface area contributed by atoms with Gasteiger partial charge in [0.05, 0.1) is 24.7 Å². The second-order valence-electron chi connectivity index (χ2n) is 5.23. The number of hydrogen-bond donors (Lipinski definition) is 2. The van der Waals surface area contributed by atoms with Crippen LogP contribution in [0.1, 0.15) is 26.2 Å². The maximum absolute atomic E-state index is 6.24. The Hall–Kier alpha value is -2.01. The number of anilines is 2. The van der Waals surface area contributed by atoms with Gasteiger partial charge in [0.25, 0.3) is 0 Å². The van der Waals surface area contributed by atoms with Crippen molar-refractivity contribution in [3.05, 3.63) is 29.7 Å². The van der Waals surface area contributed by atoms with Crippen LogP contribution in [0.25, 0.3) is 11.1 Å². The molecule has 0 spiro atoms. The van der Waals surface area contributed by atoms with E-state index >= 15 is 0 Å². The molecule has 0 bridgehead atoms. The molecular formula is C17H23ClN4O. The lowest BCUT2D eigenvalue weighted by Gasteiger charge is -2.13. The molecule has 2 heterocycles. The fourth-order valence-electron chi connectivity index (χ4n) is 2.27. The zero-order valence-electron chi connectivity index (χ0n) is 13.8. The van der Waals surface area contributed by atoms with E-state index in [1.165, 1.54) is 12.8 Å². The van der Waals surface area contributed by atoms with Gasteiger partial charge >= 0.3 is 0 Å². The second kappa shape index (κ2) is 8.58. The molecule has 0 aliphatic carbocycles. The Labute approximate surface area is 142 Å². The lowest BCUT2D eigenvalue weighted by molar-refractivity contribution is 0.400. The number of aromatic nitrogens is 2. The molecule has 0 amide bonds. The zero-order chi connectivity index (χ0) is 16.7. The lowest BCUT2D eigenvalue weighted by Crippen LogP contribution is -2.04. The molecule has 2 aromatic rings. The third-order valence-electron chi connectivity index (χ3n) is 3.58. The molecule has 0 saturated carbocycles. The van der Waals surface area contributed by atoms with Gasteiger partial charge in [-0.15, -0.1) is 0 Å². The van der Waals surface area contributed by atoms with Crippen LogP contribution in [0.5, 0.6) is 5.88 Å². The van der Waals surface area contributed by atoms with Crippen LogP contribution >= 0.6 is 11.6 Å². The van der Waals surface area contributed by atoms with Crippen molar-refractivity contribution in [2.75, 3.05) is 31.3 Å². The van der Waals surface area contributed by atoms with E-state index in [9.17, 15) is 0 Å². The highest BCUT2D eigenvalue weighted by atomic mass is 35.5. The normalized spacial score (nSPS) is 10.4. The van der Waals surface area contributed by atoms with Crippen molar-refractivity contribution in [1.82, 2.24) is 9.97 Å². The van der Waals surface area contributed by atoms with Gasteiger partial charge < -0.3 is 15.4 Å². The monoisotopic (exact) mass is 334 g/mol. The molecule has 124 valence electrons. The summed E-state index contributed by atoms with van der Waals surface area (Å²) >= 11 is 6.24. The minimum Gasteiger partial charge on any atom is -0.480 e. The predicted molar refractivity (Wildman–Crippen MR) is 96.6 cm³/mol. The average Bonchev–Trinajstić information content (AvgIpc) is 2.59. The van der Waals surface area contributed by atoms with Crippen LogP contribution in [0.15, 0.2) is 24.5 Å². The molecule has 5 nitrogen and oxygen atoms in total. The van der Waals surface area contributed by atoms with Crippen molar-refractivity contribution < 1.29 is 4.74 Å². The van der Waals surface area contributed by atoms with Crippen LogP contribution in [-0.4, -0.2) is 30.7 Å². The number of halogens is 1. The molecule has 0 saturated heterocycles. The first-order valence-electron chi connectivity index (χ1n) is 7.81. The highest BCUT2D eigenvalue weighted by Gasteiger charge is 2.11. The van der Waals surface area contributed by atoms with Crippen molar-refractivity contribution in [1.29, 1.82) is 0 Å². The maximum Gasteiger partial charge on any atom is 0.237 e. The Morgan fingerprint density at radius 3 is 2.70 bits per heavy atom. The molecule has 0 unspecified atom stereocenters. The summed E-state index contributed by atoms with van der Waals surface area (Å²) in [5.74, 6) is 0.583. The predicted octanol–water partition coefficient (Wildman–Crippen LogP) is 4.45. The third kappa shape index (κ3) is 4.48. The van der Waals surface area contributed by atoms with E-state index in [1.807, 2.05) is 19.2 Å². The van der Waals surface area contributed by atoms with Gasteiger partial charge in [0, 0.05) is 30.9 Å². The Bertz CT molecular complexity index is 648. The third-order valence-corrected chi connectivity index (χ3v) is 3.88. The zero-order valence-corrected chi connectivity index (χ0v) is 14.6. The van der Waals surface area contributed by atoms with E-state index in [4.69, 9.17) is 16.3 Å². The molecule has 0 aliphatic heterocycles. The number of nitrogens with one attached hydrogen (secondary N) is 2. The van der Waals surface area contributed by atoms with Crippen LogP contribution < -0.4 is 15.4 Å². The molecule has 2 aromatic heterocycles. The number of pyridine rings is 2. The Morgan fingerprint density at radius 2 is 2.00 bits per heavy atom. The van der Waals surface area contributed by atoms with E-state index in [1.54, 1.807) is 19.5 Å². The average molecular weight is 335 g/mol. The molecule has 23 heavy (non-hydrogen) atoms. The van der Waals surface area contributed by atoms with E-state index in [0.29, 0.717) is 11.0 Å². The van der Waals surface area contributed by atoms with E-state index in [0.717, 1.165) is 35.5 Å². The lowest BCUT2D eigenvalue weighted by atomic mass is 10.1. The van der Waals surface area contributed by atoms with E-state index < -0.39 is 0 Å². The van der Waals surface area contributed by atoms with Gasteiger partial charge in [0.2, 0.25) is 5.88 Å². The van der Waals surface area contributed by atoms with Gasteiger partial charge in [-0.05, 0) is 18.6 Å². The fourth-order valence-corrected chi connectivity index (χ4v) is 2.49. The number of nitrogens with zero attached hydrogens (tertiary/aromatic N) is 2. The molecule has 0 aliphatic rings. The van der Waals surface area contributed by atoms with Crippen LogP contribution in [0.3, 0.4) is 0 Å². The topological polar surface area (TPSA) is 59.1 Å². The van der Waals surface area contributed by atoms with E-state index in [2.05, 4.69) is 27.5 Å². The molecule has 0 aromatic carbocycles. The smallest absolute Gasteiger partial charge is 0.237 e. The maximum atomic E-state index is 6.24. The van der Waals surface area contributed by atoms with Crippen LogP contribution in [0, 0.1) is 0 Å². The number of hydrogen-bond acceptors (Lipinski definition) is 5. The van der Waals surface area contributed by atoms with Gasteiger partial charge in [0.15, 0.2) is 0 Å². The summed E-state index contributed by atoms with van der Waals surface area (Å²) in [5.41, 5.74) is 3.51. The van der Waals surface area contributed by atoms with Gasteiger partial charge in [-0.1, -0.05) is 31.4 Å². The second-order valence-corrected chi connectivity index (χ2v) is 5.59. The SMILES string of the molecule is CCCCCNc1cc(-c2cc(NC)cnc2Cl)cnc1OC. The minimum absolute atomic E-state index is 0.452. The Kier molecular flexibility index (Phi) is 6.47. The standard InChI is InChI=1S/C17H23ClN4O/c1-4-5-6-7-20-15-8-12(10-22-17(15)23-3)14-9-13(19-2)11-21-16(14)18/h8-11,19-20H,4-7H2,1-3H3. The Balaban J connectivity index is 2.29. The highest BCUT2D eigenvalue weighted by Crippen LogP contribution is 2.32. The molecular weight excluding hydrogens is 312 g/mol. The van der Waals surface area contributed by atoms with Crippen LogP contribution in [0.4, 0.5) is 11.4 Å². The summed E-state index contributed by atoms with van der Waals surface area (Å²) in [7, 11) is 3.47.